The van der Waals surface area contributed by atoms with Crippen LogP contribution in [0, 0.1) is 5.82 Å². The highest BCUT2D eigenvalue weighted by atomic mass is 32.1. The molecule has 0 aromatic carbocycles. The van der Waals surface area contributed by atoms with Crippen LogP contribution in [0.1, 0.15) is 48.8 Å². The Hall–Kier alpha value is -2.61. The summed E-state index contributed by atoms with van der Waals surface area (Å²) >= 11 is 1.47. The van der Waals surface area contributed by atoms with Crippen LogP contribution in [-0.2, 0) is 0 Å². The smallest absolute Gasteiger partial charge is 0.274 e. The quantitative estimate of drug-likeness (QED) is 0.734. The molecule has 1 aliphatic rings. The average molecular weight is 385 g/mol. The lowest BCUT2D eigenvalue weighted by Crippen LogP contribution is -2.34. The lowest BCUT2D eigenvalue weighted by molar-refractivity contribution is 0.0744. The van der Waals surface area contributed by atoms with Gasteiger partial charge in [0.1, 0.15) is 5.82 Å². The molecule has 0 aliphatic carbocycles. The molecule has 3 aromatic rings. The Morgan fingerprint density at radius 3 is 3.00 bits per heavy atom. The number of carbonyl (C=O) groups is 1. The summed E-state index contributed by atoms with van der Waals surface area (Å²) in [5.41, 5.74) is 1.85. The van der Waals surface area contributed by atoms with Crippen LogP contribution in [0.2, 0.25) is 0 Å². The van der Waals surface area contributed by atoms with Gasteiger partial charge in [-0.05, 0) is 49.8 Å². The van der Waals surface area contributed by atoms with Gasteiger partial charge >= 0.3 is 0 Å². The largest absolute Gasteiger partial charge is 0.348 e. The van der Waals surface area contributed by atoms with Crippen LogP contribution in [0.25, 0.3) is 10.2 Å². The Bertz CT molecular complexity index is 991. The highest BCUT2D eigenvalue weighted by Crippen LogP contribution is 2.28. The zero-order valence-corrected chi connectivity index (χ0v) is 16.0. The van der Waals surface area contributed by atoms with Crippen molar-refractivity contribution in [3.63, 3.8) is 0 Å². The molecule has 1 amide bonds. The second kappa shape index (κ2) is 7.19. The van der Waals surface area contributed by atoms with E-state index in [1.54, 1.807) is 6.20 Å². The van der Waals surface area contributed by atoms with Gasteiger partial charge in [0.25, 0.3) is 5.91 Å². The highest BCUT2D eigenvalue weighted by Gasteiger charge is 2.29. The maximum atomic E-state index is 13.4. The van der Waals surface area contributed by atoms with E-state index < -0.39 is 5.82 Å². The second-order valence-corrected chi connectivity index (χ2v) is 7.74. The molecule has 0 radical (unpaired) electrons. The number of aromatic nitrogens is 3. The van der Waals surface area contributed by atoms with E-state index in [1.165, 1.54) is 17.4 Å². The zero-order valence-electron chi connectivity index (χ0n) is 15.1. The number of hydrogen-bond donors (Lipinski definition) is 1. The van der Waals surface area contributed by atoms with Crippen molar-refractivity contribution in [3.8, 4) is 0 Å². The SMILES string of the molecule is CC(Nc1nc(C(=O)N2CCC[C@H]2C)c2sccc2n1)c1cncc(F)c1. The Balaban J connectivity index is 1.67. The Morgan fingerprint density at radius 2 is 2.26 bits per heavy atom. The predicted molar refractivity (Wildman–Crippen MR) is 103 cm³/mol. The minimum atomic E-state index is -0.394. The zero-order chi connectivity index (χ0) is 19.0. The molecule has 1 fully saturated rings. The standard InChI is InChI=1S/C19H20FN5OS/c1-11-4-3-6-25(11)18(26)16-17-15(5-7-27-17)23-19(24-16)22-12(2)13-8-14(20)10-21-9-13/h5,7-12H,3-4,6H2,1-2H3,(H,22,23,24)/t11-,12?/m1/s1. The minimum absolute atomic E-state index is 0.0574. The van der Waals surface area contributed by atoms with E-state index >= 15 is 0 Å². The lowest BCUT2D eigenvalue weighted by atomic mass is 10.1. The van der Waals surface area contributed by atoms with Gasteiger partial charge in [-0.15, -0.1) is 11.3 Å². The third kappa shape index (κ3) is 3.49. The molecule has 1 N–H and O–H groups in total. The van der Waals surface area contributed by atoms with Crippen molar-refractivity contribution in [1.82, 2.24) is 19.9 Å². The first-order chi connectivity index (χ1) is 13.0. The molecule has 140 valence electrons. The molecule has 1 saturated heterocycles. The van der Waals surface area contributed by atoms with Gasteiger partial charge in [0.05, 0.1) is 22.5 Å². The third-order valence-electron chi connectivity index (χ3n) is 4.89. The first-order valence-corrected chi connectivity index (χ1v) is 9.84. The lowest BCUT2D eigenvalue weighted by Gasteiger charge is -2.21. The Kier molecular flexibility index (Phi) is 4.73. The van der Waals surface area contributed by atoms with Crippen molar-refractivity contribution in [1.29, 1.82) is 0 Å². The molecule has 0 spiro atoms. The minimum Gasteiger partial charge on any atom is -0.348 e. The highest BCUT2D eigenvalue weighted by molar-refractivity contribution is 7.17. The number of likely N-dealkylation sites (tertiary alicyclic amines) is 1. The molecule has 4 rings (SSSR count). The van der Waals surface area contributed by atoms with Gasteiger partial charge in [-0.3, -0.25) is 9.78 Å². The van der Waals surface area contributed by atoms with Crippen molar-refractivity contribution >= 4 is 33.4 Å². The summed E-state index contributed by atoms with van der Waals surface area (Å²) in [5, 5.41) is 5.08. The van der Waals surface area contributed by atoms with Crippen LogP contribution in [0.3, 0.4) is 0 Å². The number of thiophene rings is 1. The molecule has 2 atom stereocenters. The number of carbonyl (C=O) groups excluding carboxylic acids is 1. The molecule has 27 heavy (non-hydrogen) atoms. The normalized spacial score (nSPS) is 18.0. The number of rotatable bonds is 4. The van der Waals surface area contributed by atoms with Gasteiger partial charge < -0.3 is 10.2 Å². The summed E-state index contributed by atoms with van der Waals surface area (Å²) in [6, 6.07) is 3.27. The van der Waals surface area contributed by atoms with Crippen LogP contribution in [0.5, 0.6) is 0 Å². The number of nitrogens with one attached hydrogen (secondary N) is 1. The van der Waals surface area contributed by atoms with Crippen molar-refractivity contribution in [3.05, 3.63) is 47.0 Å². The van der Waals surface area contributed by atoms with E-state index in [0.717, 1.165) is 35.8 Å². The number of hydrogen-bond acceptors (Lipinski definition) is 6. The van der Waals surface area contributed by atoms with Crippen molar-refractivity contribution in [2.75, 3.05) is 11.9 Å². The maximum Gasteiger partial charge on any atom is 0.274 e. The molecule has 6 nitrogen and oxygen atoms in total. The number of pyridine rings is 1. The summed E-state index contributed by atoms with van der Waals surface area (Å²) in [7, 11) is 0. The number of halogens is 1. The number of nitrogens with zero attached hydrogens (tertiary/aromatic N) is 4. The van der Waals surface area contributed by atoms with Gasteiger partial charge in [-0.25, -0.2) is 14.4 Å². The molecule has 1 unspecified atom stereocenters. The number of amides is 1. The molecular weight excluding hydrogens is 365 g/mol. The van der Waals surface area contributed by atoms with Crippen LogP contribution >= 0.6 is 11.3 Å². The fraction of sp³-hybridized carbons (Fsp3) is 0.368. The summed E-state index contributed by atoms with van der Waals surface area (Å²) in [6.45, 7) is 4.70. The number of fused-ring (bicyclic) bond motifs is 1. The van der Waals surface area contributed by atoms with Crippen molar-refractivity contribution in [2.45, 2.75) is 38.8 Å². The summed E-state index contributed by atoms with van der Waals surface area (Å²) in [5.74, 6) is -0.0971. The molecule has 4 heterocycles. The fourth-order valence-corrected chi connectivity index (χ4v) is 4.20. The fourth-order valence-electron chi connectivity index (χ4n) is 3.39. The van der Waals surface area contributed by atoms with Gasteiger partial charge in [-0.1, -0.05) is 0 Å². The van der Waals surface area contributed by atoms with E-state index in [-0.39, 0.29) is 18.0 Å². The van der Waals surface area contributed by atoms with E-state index in [9.17, 15) is 9.18 Å². The molecule has 0 bridgehead atoms. The topological polar surface area (TPSA) is 71.0 Å². The second-order valence-electron chi connectivity index (χ2n) is 6.82. The first kappa shape index (κ1) is 17.8. The monoisotopic (exact) mass is 385 g/mol. The number of anilines is 1. The predicted octanol–water partition coefficient (Wildman–Crippen LogP) is 4.02. The molecule has 8 heteroatoms. The first-order valence-electron chi connectivity index (χ1n) is 8.96. The molecule has 0 saturated carbocycles. The van der Waals surface area contributed by atoms with Gasteiger partial charge in [0.2, 0.25) is 5.95 Å². The van der Waals surface area contributed by atoms with Crippen molar-refractivity contribution in [2.24, 2.45) is 0 Å². The Labute approximate surface area is 160 Å². The average Bonchev–Trinajstić information content (AvgIpc) is 3.29. The van der Waals surface area contributed by atoms with Gasteiger partial charge in [0, 0.05) is 18.8 Å². The van der Waals surface area contributed by atoms with Crippen LogP contribution < -0.4 is 5.32 Å². The van der Waals surface area contributed by atoms with Gasteiger partial charge in [-0.2, -0.15) is 0 Å². The van der Waals surface area contributed by atoms with E-state index in [2.05, 4.69) is 27.2 Å². The Morgan fingerprint density at radius 1 is 1.41 bits per heavy atom. The van der Waals surface area contributed by atoms with Crippen LogP contribution in [0.4, 0.5) is 10.3 Å². The van der Waals surface area contributed by atoms with E-state index in [4.69, 9.17) is 0 Å². The van der Waals surface area contributed by atoms with Gasteiger partial charge in [0.15, 0.2) is 5.69 Å². The van der Waals surface area contributed by atoms with E-state index in [0.29, 0.717) is 17.2 Å². The molecule has 1 aliphatic heterocycles. The van der Waals surface area contributed by atoms with Crippen molar-refractivity contribution < 1.29 is 9.18 Å². The van der Waals surface area contributed by atoms with Crippen LogP contribution in [-0.4, -0.2) is 38.3 Å². The summed E-state index contributed by atoms with van der Waals surface area (Å²) in [4.78, 5) is 27.9. The van der Waals surface area contributed by atoms with Crippen LogP contribution in [0.15, 0.2) is 29.9 Å². The van der Waals surface area contributed by atoms with E-state index in [1.807, 2.05) is 23.3 Å². The third-order valence-corrected chi connectivity index (χ3v) is 5.80. The molecule has 3 aromatic heterocycles. The summed E-state index contributed by atoms with van der Waals surface area (Å²) < 4.78 is 14.2. The summed E-state index contributed by atoms with van der Waals surface area (Å²) in [6.07, 6.45) is 4.79. The molecular formula is C19H20FN5OS. The maximum absolute atomic E-state index is 13.4.